The van der Waals surface area contributed by atoms with Gasteiger partial charge in [-0.05, 0) is 42.3 Å². The Morgan fingerprint density at radius 1 is 1.11 bits per heavy atom. The number of imidazole rings is 1. The Morgan fingerprint density at radius 2 is 1.86 bits per heavy atom. The molecule has 4 aromatic rings. The minimum absolute atomic E-state index is 0.0153. The van der Waals surface area contributed by atoms with Crippen LogP contribution < -0.4 is 5.32 Å². The van der Waals surface area contributed by atoms with E-state index in [0.717, 1.165) is 23.2 Å². The molecular weight excluding hydrogens is 509 g/mol. The summed E-state index contributed by atoms with van der Waals surface area (Å²) in [5.74, 6) is -0.396. The van der Waals surface area contributed by atoms with E-state index in [1.54, 1.807) is 19.1 Å². The Bertz CT molecular complexity index is 1590. The first-order valence-corrected chi connectivity index (χ1v) is 13.3. The molecule has 9 nitrogen and oxygen atoms in total. The van der Waals surface area contributed by atoms with E-state index in [1.807, 2.05) is 4.57 Å². The third-order valence-corrected chi connectivity index (χ3v) is 8.12. The minimum atomic E-state index is -4.70. The summed E-state index contributed by atoms with van der Waals surface area (Å²) in [5, 5.41) is 10.8. The summed E-state index contributed by atoms with van der Waals surface area (Å²) in [6, 6.07) is 10.4. The van der Waals surface area contributed by atoms with Gasteiger partial charge >= 0.3 is 6.18 Å². The summed E-state index contributed by atoms with van der Waals surface area (Å²) in [4.78, 5) is 16.7. The molecule has 0 aliphatic carbocycles. The highest BCUT2D eigenvalue weighted by Crippen LogP contribution is 2.32. The average Bonchev–Trinajstić information content (AvgIpc) is 3.58. The van der Waals surface area contributed by atoms with E-state index in [0.29, 0.717) is 17.9 Å². The number of carbonyl (C=O) groups is 1. The van der Waals surface area contributed by atoms with Crippen molar-refractivity contribution in [1.82, 2.24) is 29.6 Å². The van der Waals surface area contributed by atoms with Gasteiger partial charge < -0.3 is 14.5 Å². The number of nitrogens with one attached hydrogen (secondary N) is 1. The van der Waals surface area contributed by atoms with E-state index in [9.17, 15) is 26.4 Å². The van der Waals surface area contributed by atoms with Crippen molar-refractivity contribution in [3.05, 3.63) is 71.1 Å². The van der Waals surface area contributed by atoms with Crippen LogP contribution in [-0.2, 0) is 42.1 Å². The molecular formula is C24H23F3N6O3S. The number of nitrogens with zero attached hydrogens (tertiary/aromatic N) is 5. The number of hydrogen-bond acceptors (Lipinski definition) is 6. The molecule has 2 aromatic carbocycles. The number of fused-ring (bicyclic) bond motifs is 2. The van der Waals surface area contributed by atoms with Crippen molar-refractivity contribution in [3.8, 4) is 0 Å². The predicted octanol–water partition coefficient (Wildman–Crippen LogP) is 3.36. The van der Waals surface area contributed by atoms with E-state index in [-0.39, 0.29) is 40.3 Å². The molecule has 1 aliphatic heterocycles. The minimum Gasteiger partial charge on any atom is -0.348 e. The van der Waals surface area contributed by atoms with Crippen molar-refractivity contribution in [3.63, 3.8) is 0 Å². The molecule has 37 heavy (non-hydrogen) atoms. The lowest BCUT2D eigenvalue weighted by atomic mass is 10.1. The maximum absolute atomic E-state index is 13.8. The maximum Gasteiger partial charge on any atom is 0.449 e. The first-order chi connectivity index (χ1) is 17.6. The van der Waals surface area contributed by atoms with Crippen LogP contribution in [0.2, 0.25) is 0 Å². The summed E-state index contributed by atoms with van der Waals surface area (Å²) in [5.41, 5.74) is 1.09. The largest absolute Gasteiger partial charge is 0.449 e. The van der Waals surface area contributed by atoms with E-state index in [1.165, 1.54) is 30.3 Å². The lowest BCUT2D eigenvalue weighted by Crippen LogP contribution is -2.22. The number of aromatic nitrogens is 5. The van der Waals surface area contributed by atoms with Crippen LogP contribution in [-0.4, -0.2) is 44.4 Å². The summed E-state index contributed by atoms with van der Waals surface area (Å²) >= 11 is 0. The molecule has 0 bridgehead atoms. The third kappa shape index (κ3) is 4.82. The SMILES string of the molecule is CCS(=O)(=O)c1ccc(CNC(=O)c2ccc3c(c2)nc(C(F)(F)F)n3Cc2nnc3n2CCC3)cc1. The Labute approximate surface area is 210 Å². The van der Waals surface area contributed by atoms with Crippen LogP contribution in [0, 0.1) is 0 Å². The zero-order chi connectivity index (χ0) is 26.4. The van der Waals surface area contributed by atoms with Crippen LogP contribution in [0.3, 0.4) is 0 Å². The van der Waals surface area contributed by atoms with E-state index >= 15 is 0 Å². The average molecular weight is 533 g/mol. The fraction of sp³-hybridized carbons (Fsp3) is 0.333. The number of rotatable bonds is 7. The molecule has 0 saturated heterocycles. The zero-order valence-corrected chi connectivity index (χ0v) is 20.6. The van der Waals surface area contributed by atoms with Crippen LogP contribution in [0.15, 0.2) is 47.4 Å². The predicted molar refractivity (Wildman–Crippen MR) is 128 cm³/mol. The molecule has 0 fully saturated rings. The summed E-state index contributed by atoms with van der Waals surface area (Å²) in [6.45, 7) is 2.19. The first kappa shape index (κ1) is 24.9. The lowest BCUT2D eigenvalue weighted by Gasteiger charge is -2.11. The fourth-order valence-electron chi connectivity index (χ4n) is 4.38. The van der Waals surface area contributed by atoms with Gasteiger partial charge in [0.15, 0.2) is 15.7 Å². The summed E-state index contributed by atoms with van der Waals surface area (Å²) in [7, 11) is -3.33. The quantitative estimate of drug-likeness (QED) is 0.391. The highest BCUT2D eigenvalue weighted by molar-refractivity contribution is 7.91. The zero-order valence-electron chi connectivity index (χ0n) is 19.8. The van der Waals surface area contributed by atoms with Gasteiger partial charge in [-0.2, -0.15) is 13.2 Å². The number of aryl methyl sites for hydroxylation is 1. The van der Waals surface area contributed by atoms with Crippen LogP contribution in [0.5, 0.6) is 0 Å². The van der Waals surface area contributed by atoms with Crippen LogP contribution in [0.1, 0.15) is 46.7 Å². The number of sulfone groups is 1. The second kappa shape index (κ2) is 9.29. The summed E-state index contributed by atoms with van der Waals surface area (Å²) < 4.78 is 68.3. The lowest BCUT2D eigenvalue weighted by molar-refractivity contribution is -0.146. The Morgan fingerprint density at radius 3 is 2.57 bits per heavy atom. The number of alkyl halides is 3. The smallest absolute Gasteiger partial charge is 0.348 e. The number of hydrogen-bond donors (Lipinski definition) is 1. The van der Waals surface area contributed by atoms with Gasteiger partial charge in [0.05, 0.1) is 28.2 Å². The third-order valence-electron chi connectivity index (χ3n) is 6.37. The Hall–Kier alpha value is -3.74. The van der Waals surface area contributed by atoms with Gasteiger partial charge in [0, 0.05) is 25.1 Å². The van der Waals surface area contributed by atoms with Crippen LogP contribution >= 0.6 is 0 Å². The number of amides is 1. The molecule has 2 aromatic heterocycles. The molecule has 1 aliphatic rings. The van der Waals surface area contributed by atoms with Gasteiger partial charge in [0.2, 0.25) is 5.82 Å². The molecule has 0 atom stereocenters. The van der Waals surface area contributed by atoms with Crippen LogP contribution in [0.25, 0.3) is 11.0 Å². The molecule has 0 radical (unpaired) electrons. The standard InChI is InChI=1S/C24H23F3N6O3S/c1-2-37(35,36)17-8-5-15(6-9-17)13-28-22(34)16-7-10-19-18(12-16)29-23(24(25,26)27)33(19)14-21-31-30-20-4-3-11-32(20)21/h5-10,12H,2-4,11,13-14H2,1H3,(H,28,34). The van der Waals surface area contributed by atoms with Gasteiger partial charge in [0.1, 0.15) is 5.82 Å². The van der Waals surface area contributed by atoms with E-state index in [4.69, 9.17) is 0 Å². The topological polar surface area (TPSA) is 112 Å². The first-order valence-electron chi connectivity index (χ1n) is 11.6. The molecule has 0 saturated carbocycles. The molecule has 1 amide bonds. The van der Waals surface area contributed by atoms with Crippen molar-refractivity contribution in [2.75, 3.05) is 5.75 Å². The fourth-order valence-corrected chi connectivity index (χ4v) is 5.27. The van der Waals surface area contributed by atoms with Crippen molar-refractivity contribution < 1.29 is 26.4 Å². The number of halogens is 3. The van der Waals surface area contributed by atoms with Crippen molar-refractivity contribution in [1.29, 1.82) is 0 Å². The number of carbonyl (C=O) groups excluding carboxylic acids is 1. The second-order valence-electron chi connectivity index (χ2n) is 8.74. The van der Waals surface area contributed by atoms with Crippen molar-refractivity contribution in [2.24, 2.45) is 0 Å². The molecule has 0 spiro atoms. The second-order valence-corrected chi connectivity index (χ2v) is 11.0. The molecule has 3 heterocycles. The van der Waals surface area contributed by atoms with Crippen molar-refractivity contribution in [2.45, 2.75) is 50.5 Å². The molecule has 0 unspecified atom stereocenters. The van der Waals surface area contributed by atoms with E-state index < -0.39 is 27.7 Å². The van der Waals surface area contributed by atoms with Crippen LogP contribution in [0.4, 0.5) is 13.2 Å². The molecule has 194 valence electrons. The molecule has 13 heteroatoms. The van der Waals surface area contributed by atoms with Crippen molar-refractivity contribution >= 4 is 26.8 Å². The Kier molecular flexibility index (Phi) is 6.26. The van der Waals surface area contributed by atoms with Gasteiger partial charge in [-0.25, -0.2) is 13.4 Å². The normalized spacial score (nSPS) is 13.7. The Balaban J connectivity index is 1.37. The molecule has 5 rings (SSSR count). The molecule has 1 N–H and O–H groups in total. The van der Waals surface area contributed by atoms with Gasteiger partial charge in [0.25, 0.3) is 5.91 Å². The highest BCUT2D eigenvalue weighted by atomic mass is 32.2. The van der Waals surface area contributed by atoms with E-state index in [2.05, 4.69) is 20.5 Å². The van der Waals surface area contributed by atoms with Gasteiger partial charge in [-0.1, -0.05) is 19.1 Å². The summed E-state index contributed by atoms with van der Waals surface area (Å²) in [6.07, 6.45) is -3.09. The number of benzene rings is 2. The maximum atomic E-state index is 13.8. The van der Waals surface area contributed by atoms with Gasteiger partial charge in [-0.15, -0.1) is 10.2 Å². The monoisotopic (exact) mass is 532 g/mol. The van der Waals surface area contributed by atoms with Gasteiger partial charge in [-0.3, -0.25) is 4.79 Å². The highest BCUT2D eigenvalue weighted by Gasteiger charge is 2.38.